The van der Waals surface area contributed by atoms with Gasteiger partial charge in [0.05, 0.1) is 0 Å². The molecule has 0 aliphatic rings. The lowest BCUT2D eigenvalue weighted by Gasteiger charge is -2.16. The molecule has 0 radical (unpaired) electrons. The lowest BCUT2D eigenvalue weighted by molar-refractivity contribution is 1.33. The molecule has 0 aliphatic heterocycles. The number of aryl methyl sites for hydroxylation is 3. The average molecular weight is 409 g/mol. The second-order valence-corrected chi connectivity index (χ2v) is 8.37. The number of allylic oxidation sites excluding steroid dienone is 4. The van der Waals surface area contributed by atoms with Crippen LogP contribution in [0.2, 0.25) is 0 Å². The van der Waals surface area contributed by atoms with E-state index in [9.17, 15) is 0 Å². The molecule has 31 heavy (non-hydrogen) atoms. The van der Waals surface area contributed by atoms with E-state index in [-0.39, 0.29) is 0 Å². The van der Waals surface area contributed by atoms with Gasteiger partial charge in [0.1, 0.15) is 0 Å². The third-order valence-corrected chi connectivity index (χ3v) is 5.73. The maximum absolute atomic E-state index is 6.39. The quantitative estimate of drug-likeness (QED) is 0.348. The Morgan fingerprint density at radius 2 is 1.55 bits per heavy atom. The third kappa shape index (κ3) is 4.97. The zero-order valence-electron chi connectivity index (χ0n) is 19.2. The van der Waals surface area contributed by atoms with Gasteiger partial charge in [0.2, 0.25) is 0 Å². The highest BCUT2D eigenvalue weighted by Gasteiger charge is 2.11. The lowest BCUT2D eigenvalue weighted by atomic mass is 9.89. The van der Waals surface area contributed by atoms with Crippen molar-refractivity contribution in [3.05, 3.63) is 112 Å². The molecule has 3 aromatic carbocycles. The van der Waals surface area contributed by atoms with E-state index >= 15 is 0 Å². The first-order chi connectivity index (χ1) is 14.7. The van der Waals surface area contributed by atoms with Gasteiger partial charge >= 0.3 is 0 Å². The van der Waals surface area contributed by atoms with Crippen LogP contribution in [-0.2, 0) is 0 Å². The molecule has 0 spiro atoms. The highest BCUT2D eigenvalue weighted by molar-refractivity contribution is 5.81. The van der Waals surface area contributed by atoms with Crippen molar-refractivity contribution in [1.82, 2.24) is 0 Å². The van der Waals surface area contributed by atoms with Crippen molar-refractivity contribution in [2.75, 3.05) is 5.73 Å². The largest absolute Gasteiger partial charge is 0.399 e. The second-order valence-electron chi connectivity index (χ2n) is 8.37. The van der Waals surface area contributed by atoms with Crippen LogP contribution < -0.4 is 11.5 Å². The van der Waals surface area contributed by atoms with Crippen molar-refractivity contribution >= 4 is 16.8 Å². The van der Waals surface area contributed by atoms with E-state index in [1.165, 1.54) is 33.4 Å². The van der Waals surface area contributed by atoms with E-state index in [0.29, 0.717) is 5.70 Å². The van der Waals surface area contributed by atoms with Crippen LogP contribution in [0.25, 0.3) is 22.3 Å². The Morgan fingerprint density at radius 1 is 0.839 bits per heavy atom. The van der Waals surface area contributed by atoms with Crippen LogP contribution in [0.4, 0.5) is 5.69 Å². The first-order valence-electron chi connectivity index (χ1n) is 10.6. The molecule has 0 aromatic heterocycles. The van der Waals surface area contributed by atoms with E-state index in [2.05, 4.69) is 77.6 Å². The number of benzene rings is 3. The molecule has 2 nitrogen and oxygen atoms in total. The standard InChI is InChI=1S/C29H32N2/c1-18-10-12-27(20(3)14-18)21(4)15-26(31)16-22(5)28-13-11-19(2)29(23(28)6)24-8-7-9-25(30)17-24/h7-17H,4,30-31H2,1-3,5-6H3/b22-16+,26-15+. The minimum absolute atomic E-state index is 0.688. The molecule has 0 aliphatic carbocycles. The molecule has 0 unspecified atom stereocenters. The Kier molecular flexibility index (Phi) is 6.50. The predicted molar refractivity (Wildman–Crippen MR) is 137 cm³/mol. The first kappa shape index (κ1) is 22.2. The minimum Gasteiger partial charge on any atom is -0.399 e. The van der Waals surface area contributed by atoms with Crippen molar-refractivity contribution in [3.8, 4) is 11.1 Å². The summed E-state index contributed by atoms with van der Waals surface area (Å²) in [7, 11) is 0. The third-order valence-electron chi connectivity index (χ3n) is 5.73. The summed E-state index contributed by atoms with van der Waals surface area (Å²) in [6.45, 7) is 14.8. The van der Waals surface area contributed by atoms with Crippen LogP contribution in [0.1, 0.15) is 40.3 Å². The Labute approximate surface area is 186 Å². The Bertz CT molecular complexity index is 1210. The van der Waals surface area contributed by atoms with E-state index in [4.69, 9.17) is 11.5 Å². The number of anilines is 1. The zero-order chi connectivity index (χ0) is 22.7. The SMILES string of the molecule is C=C(/C=C(N)\C=C(/C)c1ccc(C)c(-c2cccc(N)c2)c1C)c1ccc(C)cc1C. The molecular formula is C29H32N2. The molecular weight excluding hydrogens is 376 g/mol. The predicted octanol–water partition coefficient (Wildman–Crippen LogP) is 7.13. The van der Waals surface area contributed by atoms with E-state index in [1.807, 2.05) is 30.4 Å². The lowest BCUT2D eigenvalue weighted by Crippen LogP contribution is -1.98. The monoisotopic (exact) mass is 408 g/mol. The van der Waals surface area contributed by atoms with Gasteiger partial charge < -0.3 is 11.5 Å². The number of rotatable bonds is 5. The van der Waals surface area contributed by atoms with Gasteiger partial charge in [-0.05, 0) is 109 Å². The summed E-state index contributed by atoms with van der Waals surface area (Å²) in [5.74, 6) is 0. The number of hydrogen-bond donors (Lipinski definition) is 2. The van der Waals surface area contributed by atoms with Crippen molar-refractivity contribution in [2.45, 2.75) is 34.6 Å². The van der Waals surface area contributed by atoms with Gasteiger partial charge in [-0.1, -0.05) is 54.6 Å². The Morgan fingerprint density at radius 3 is 2.23 bits per heavy atom. The molecule has 0 amide bonds. The number of nitrogen functional groups attached to an aromatic ring is 1. The van der Waals surface area contributed by atoms with Gasteiger partial charge in [-0.2, -0.15) is 0 Å². The molecule has 0 fully saturated rings. The van der Waals surface area contributed by atoms with Crippen LogP contribution in [0.3, 0.4) is 0 Å². The smallest absolute Gasteiger partial charge is 0.0322 e. The molecule has 158 valence electrons. The fraction of sp³-hybridized carbons (Fsp3) is 0.172. The molecule has 4 N–H and O–H groups in total. The summed E-state index contributed by atoms with van der Waals surface area (Å²) in [6.07, 6.45) is 3.97. The van der Waals surface area contributed by atoms with Crippen molar-refractivity contribution in [3.63, 3.8) is 0 Å². The zero-order valence-corrected chi connectivity index (χ0v) is 19.2. The van der Waals surface area contributed by atoms with Crippen LogP contribution in [0.15, 0.2) is 79.0 Å². The van der Waals surface area contributed by atoms with E-state index < -0.39 is 0 Å². The summed E-state index contributed by atoms with van der Waals surface area (Å²) in [5, 5.41) is 0. The molecule has 0 saturated heterocycles. The van der Waals surface area contributed by atoms with Gasteiger partial charge in [-0.3, -0.25) is 0 Å². The van der Waals surface area contributed by atoms with Gasteiger partial charge in [-0.15, -0.1) is 0 Å². The summed E-state index contributed by atoms with van der Waals surface area (Å²) in [6, 6.07) is 18.7. The molecule has 3 aromatic rings. The summed E-state index contributed by atoms with van der Waals surface area (Å²) in [4.78, 5) is 0. The normalized spacial score (nSPS) is 12.2. The highest BCUT2D eigenvalue weighted by Crippen LogP contribution is 2.33. The minimum atomic E-state index is 0.688. The van der Waals surface area contributed by atoms with E-state index in [1.54, 1.807) is 0 Å². The molecule has 3 rings (SSSR count). The maximum atomic E-state index is 6.39. The topological polar surface area (TPSA) is 52.0 Å². The van der Waals surface area contributed by atoms with E-state index in [0.717, 1.165) is 28.0 Å². The van der Waals surface area contributed by atoms with Crippen LogP contribution in [0.5, 0.6) is 0 Å². The molecule has 0 atom stereocenters. The highest BCUT2D eigenvalue weighted by atomic mass is 14.6. The molecule has 0 heterocycles. The molecule has 0 bridgehead atoms. The average Bonchev–Trinajstić information content (AvgIpc) is 2.67. The summed E-state index contributed by atoms with van der Waals surface area (Å²) < 4.78 is 0. The van der Waals surface area contributed by atoms with Crippen molar-refractivity contribution in [1.29, 1.82) is 0 Å². The van der Waals surface area contributed by atoms with Crippen LogP contribution in [-0.4, -0.2) is 0 Å². The Hall–Kier alpha value is -3.52. The number of hydrogen-bond acceptors (Lipinski definition) is 2. The van der Waals surface area contributed by atoms with Gasteiger partial charge in [0.15, 0.2) is 0 Å². The van der Waals surface area contributed by atoms with Crippen molar-refractivity contribution in [2.24, 2.45) is 5.73 Å². The second kappa shape index (κ2) is 9.09. The van der Waals surface area contributed by atoms with Gasteiger partial charge in [0.25, 0.3) is 0 Å². The van der Waals surface area contributed by atoms with Gasteiger partial charge in [0, 0.05) is 11.4 Å². The molecule has 2 heteroatoms. The number of nitrogens with two attached hydrogens (primary N) is 2. The summed E-state index contributed by atoms with van der Waals surface area (Å²) >= 11 is 0. The Balaban J connectivity index is 1.96. The maximum Gasteiger partial charge on any atom is 0.0322 e. The van der Waals surface area contributed by atoms with Crippen molar-refractivity contribution < 1.29 is 0 Å². The van der Waals surface area contributed by atoms with Crippen LogP contribution in [0, 0.1) is 27.7 Å². The van der Waals surface area contributed by atoms with Gasteiger partial charge in [-0.25, -0.2) is 0 Å². The van der Waals surface area contributed by atoms with Crippen LogP contribution >= 0.6 is 0 Å². The molecule has 0 saturated carbocycles. The fourth-order valence-corrected chi connectivity index (χ4v) is 4.23. The fourth-order valence-electron chi connectivity index (χ4n) is 4.23. The first-order valence-corrected chi connectivity index (χ1v) is 10.6. The summed E-state index contributed by atoms with van der Waals surface area (Å²) in [5.41, 5.74) is 25.5.